The van der Waals surface area contributed by atoms with E-state index in [-0.39, 0.29) is 23.8 Å². The van der Waals surface area contributed by atoms with Crippen LogP contribution in [0.4, 0.5) is 4.39 Å². The first-order valence-corrected chi connectivity index (χ1v) is 16.7. The quantitative estimate of drug-likeness (QED) is 0.152. The largest absolute Gasteiger partial charge is 0.497 e. The van der Waals surface area contributed by atoms with Gasteiger partial charge < -0.3 is 24.1 Å². The summed E-state index contributed by atoms with van der Waals surface area (Å²) >= 11 is 1.22. The molecule has 6 rings (SSSR count). The van der Waals surface area contributed by atoms with Crippen LogP contribution in [-0.4, -0.2) is 64.4 Å². The van der Waals surface area contributed by atoms with Crippen LogP contribution in [-0.2, 0) is 17.9 Å². The fourth-order valence-electron chi connectivity index (χ4n) is 5.69. The van der Waals surface area contributed by atoms with Gasteiger partial charge in [0.05, 0.1) is 57.5 Å². The first-order chi connectivity index (χ1) is 24.4. The number of ether oxygens (including phenoxy) is 3. The van der Waals surface area contributed by atoms with Crippen molar-refractivity contribution in [3.63, 3.8) is 0 Å². The molecule has 1 aliphatic heterocycles. The third-order valence-corrected chi connectivity index (χ3v) is 9.16. The monoisotopic (exact) mass is 694 g/mol. The maximum absolute atomic E-state index is 14.2. The van der Waals surface area contributed by atoms with Gasteiger partial charge in [-0.1, -0.05) is 66.4 Å². The van der Waals surface area contributed by atoms with E-state index in [9.17, 15) is 14.0 Å². The van der Waals surface area contributed by atoms with E-state index in [0.717, 1.165) is 22.4 Å². The lowest BCUT2D eigenvalue weighted by Crippen LogP contribution is -2.29. The number of halogens is 1. The van der Waals surface area contributed by atoms with Crippen molar-refractivity contribution in [2.75, 3.05) is 27.1 Å². The van der Waals surface area contributed by atoms with Gasteiger partial charge in [0.2, 0.25) is 0 Å². The van der Waals surface area contributed by atoms with E-state index in [1.807, 2.05) is 71.3 Å². The SMILES string of the molecule is COc1ccc(C2=NN(C(=O)CSc3nnc(CNC(=O)c4ccccc4F)n3Cc3ccccc3)[C@@H](c3cccc(OC)c3OC)C2)cc1. The van der Waals surface area contributed by atoms with Crippen molar-refractivity contribution in [1.29, 1.82) is 0 Å². The molecule has 2 heterocycles. The zero-order valence-corrected chi connectivity index (χ0v) is 28.5. The third kappa shape index (κ3) is 7.47. The van der Waals surface area contributed by atoms with Crippen LogP contribution >= 0.6 is 11.8 Å². The number of nitrogens with zero attached hydrogens (tertiary/aromatic N) is 5. The van der Waals surface area contributed by atoms with Crippen molar-refractivity contribution < 1.29 is 28.2 Å². The van der Waals surface area contributed by atoms with Gasteiger partial charge in [-0.05, 0) is 53.6 Å². The van der Waals surface area contributed by atoms with Crippen LogP contribution in [0.15, 0.2) is 107 Å². The Hall–Kier alpha value is -5.69. The lowest BCUT2D eigenvalue weighted by Gasteiger charge is -2.24. The molecular weight excluding hydrogens is 660 g/mol. The number of hydrazone groups is 1. The normalized spacial score (nSPS) is 13.9. The maximum Gasteiger partial charge on any atom is 0.254 e. The lowest BCUT2D eigenvalue weighted by atomic mass is 9.97. The molecule has 50 heavy (non-hydrogen) atoms. The number of aromatic nitrogens is 3. The van der Waals surface area contributed by atoms with Gasteiger partial charge in [0, 0.05) is 12.0 Å². The highest BCUT2D eigenvalue weighted by molar-refractivity contribution is 7.99. The fraction of sp³-hybridized carbons (Fsp3) is 0.216. The highest BCUT2D eigenvalue weighted by Gasteiger charge is 2.36. The predicted molar refractivity (Wildman–Crippen MR) is 187 cm³/mol. The number of hydrogen-bond donors (Lipinski definition) is 1. The van der Waals surface area contributed by atoms with Gasteiger partial charge in [-0.2, -0.15) is 5.10 Å². The summed E-state index contributed by atoms with van der Waals surface area (Å²) in [6, 6.07) is 28.1. The lowest BCUT2D eigenvalue weighted by molar-refractivity contribution is -0.130. The summed E-state index contributed by atoms with van der Waals surface area (Å²) in [6.07, 6.45) is 0.447. The fourth-order valence-corrected chi connectivity index (χ4v) is 6.50. The molecule has 1 aromatic heterocycles. The Morgan fingerprint density at radius 1 is 0.880 bits per heavy atom. The van der Waals surface area contributed by atoms with E-state index in [2.05, 4.69) is 15.5 Å². The number of hydrogen-bond acceptors (Lipinski definition) is 9. The molecule has 1 aliphatic rings. The number of para-hydroxylation sites is 1. The van der Waals surface area contributed by atoms with Gasteiger partial charge in [-0.3, -0.25) is 9.59 Å². The van der Waals surface area contributed by atoms with Crippen molar-refractivity contribution >= 4 is 29.3 Å². The van der Waals surface area contributed by atoms with Crippen molar-refractivity contribution in [1.82, 2.24) is 25.1 Å². The minimum absolute atomic E-state index is 0.000849. The number of carbonyl (C=O) groups excluding carboxylic acids is 2. The van der Waals surface area contributed by atoms with Crippen molar-refractivity contribution in [2.45, 2.75) is 30.7 Å². The topological polar surface area (TPSA) is 120 Å². The summed E-state index contributed by atoms with van der Waals surface area (Å²) in [5.74, 6) is 0.806. The minimum atomic E-state index is -0.616. The molecule has 0 aliphatic carbocycles. The smallest absolute Gasteiger partial charge is 0.254 e. The van der Waals surface area contributed by atoms with Crippen molar-refractivity contribution in [2.24, 2.45) is 5.10 Å². The summed E-state index contributed by atoms with van der Waals surface area (Å²) in [5.41, 5.74) is 3.27. The standard InChI is InChI=1S/C37H35FN6O5S/c1-47-26-18-16-25(17-19-26)30-20-31(28-13-9-15-32(48-2)35(28)49-3)44(42-30)34(45)23-50-37-41-40-33(43(37)22-24-10-5-4-6-11-24)21-39-36(46)27-12-7-8-14-29(27)38/h4-19,31H,20-23H2,1-3H3,(H,39,46)/t31-/m1/s1. The Kier molecular flexibility index (Phi) is 10.7. The Bertz CT molecular complexity index is 2000. The second kappa shape index (κ2) is 15.7. The first kappa shape index (κ1) is 34.2. The van der Waals surface area contributed by atoms with E-state index < -0.39 is 17.8 Å². The van der Waals surface area contributed by atoms with E-state index >= 15 is 0 Å². The van der Waals surface area contributed by atoms with Gasteiger partial charge in [0.15, 0.2) is 22.5 Å². The summed E-state index contributed by atoms with van der Waals surface area (Å²) < 4.78 is 32.7. The molecule has 5 aromatic rings. The van der Waals surface area contributed by atoms with E-state index in [4.69, 9.17) is 19.3 Å². The molecule has 0 bridgehead atoms. The van der Waals surface area contributed by atoms with Crippen LogP contribution < -0.4 is 19.5 Å². The summed E-state index contributed by atoms with van der Waals surface area (Å²) in [5, 5.41) is 18.3. The zero-order chi connectivity index (χ0) is 35.0. The Morgan fingerprint density at radius 2 is 1.64 bits per heavy atom. The van der Waals surface area contributed by atoms with Crippen LogP contribution in [0.5, 0.6) is 17.2 Å². The molecule has 0 spiro atoms. The van der Waals surface area contributed by atoms with E-state index in [1.165, 1.54) is 35.0 Å². The molecule has 256 valence electrons. The Balaban J connectivity index is 1.26. The van der Waals surface area contributed by atoms with Crippen LogP contribution in [0.2, 0.25) is 0 Å². The number of amides is 2. The number of carbonyl (C=O) groups is 2. The van der Waals surface area contributed by atoms with Gasteiger partial charge in [0.25, 0.3) is 11.8 Å². The van der Waals surface area contributed by atoms with Crippen LogP contribution in [0.25, 0.3) is 0 Å². The molecule has 0 radical (unpaired) electrons. The zero-order valence-electron chi connectivity index (χ0n) is 27.7. The molecule has 0 fully saturated rings. The number of thioether (sulfide) groups is 1. The average molecular weight is 695 g/mol. The average Bonchev–Trinajstić information content (AvgIpc) is 3.77. The van der Waals surface area contributed by atoms with Gasteiger partial charge >= 0.3 is 0 Å². The summed E-state index contributed by atoms with van der Waals surface area (Å²) in [6.45, 7) is 0.392. The molecule has 1 N–H and O–H groups in total. The van der Waals surface area contributed by atoms with Crippen LogP contribution in [0.3, 0.4) is 0 Å². The van der Waals surface area contributed by atoms with Crippen molar-refractivity contribution in [3.05, 3.63) is 131 Å². The second-order valence-corrected chi connectivity index (χ2v) is 12.2. The van der Waals surface area contributed by atoms with Gasteiger partial charge in [-0.25, -0.2) is 9.40 Å². The number of rotatable bonds is 13. The Labute approximate surface area is 293 Å². The minimum Gasteiger partial charge on any atom is -0.497 e. The molecule has 0 unspecified atom stereocenters. The number of nitrogens with one attached hydrogen (secondary N) is 1. The molecule has 0 saturated heterocycles. The highest BCUT2D eigenvalue weighted by Crippen LogP contribution is 2.42. The van der Waals surface area contributed by atoms with Crippen molar-refractivity contribution in [3.8, 4) is 17.2 Å². The Morgan fingerprint density at radius 3 is 2.36 bits per heavy atom. The number of benzene rings is 4. The molecular formula is C37H35FN6O5S. The summed E-state index contributed by atoms with van der Waals surface area (Å²) in [7, 11) is 4.75. The van der Waals surface area contributed by atoms with Crippen LogP contribution in [0.1, 0.15) is 45.3 Å². The molecule has 11 nitrogen and oxygen atoms in total. The van der Waals surface area contributed by atoms with Gasteiger partial charge in [-0.15, -0.1) is 10.2 Å². The molecule has 1 atom stereocenters. The van der Waals surface area contributed by atoms with Gasteiger partial charge in [0.1, 0.15) is 11.6 Å². The van der Waals surface area contributed by atoms with Crippen LogP contribution in [0, 0.1) is 5.82 Å². The third-order valence-electron chi connectivity index (χ3n) is 8.21. The summed E-state index contributed by atoms with van der Waals surface area (Å²) in [4.78, 5) is 26.8. The second-order valence-electron chi connectivity index (χ2n) is 11.2. The molecule has 4 aromatic carbocycles. The molecule has 0 saturated carbocycles. The molecule has 2 amide bonds. The predicted octanol–water partition coefficient (Wildman–Crippen LogP) is 5.89. The number of methoxy groups -OCH3 is 3. The first-order valence-electron chi connectivity index (χ1n) is 15.8. The maximum atomic E-state index is 14.2. The molecule has 13 heteroatoms. The van der Waals surface area contributed by atoms with E-state index in [1.54, 1.807) is 33.5 Å². The highest BCUT2D eigenvalue weighted by atomic mass is 32.2. The van der Waals surface area contributed by atoms with E-state index in [0.29, 0.717) is 41.2 Å².